The van der Waals surface area contributed by atoms with Crippen molar-refractivity contribution in [1.82, 2.24) is 14.7 Å². The van der Waals surface area contributed by atoms with Gasteiger partial charge in [-0.15, -0.1) is 0 Å². The Hall–Kier alpha value is -2.22. The lowest BCUT2D eigenvalue weighted by atomic mass is 10.1. The molecule has 0 aliphatic carbocycles. The van der Waals surface area contributed by atoms with E-state index in [1.54, 1.807) is 31.1 Å². The third-order valence-electron chi connectivity index (χ3n) is 3.57. The maximum Gasteiger partial charge on any atom is 0.272 e. The van der Waals surface area contributed by atoms with Crippen LogP contribution >= 0.6 is 15.9 Å². The number of hydrogen-bond donors (Lipinski definition) is 0. The Balaban J connectivity index is 2.21. The zero-order valence-corrected chi connectivity index (χ0v) is 14.7. The van der Waals surface area contributed by atoms with Gasteiger partial charge in [0, 0.05) is 30.8 Å². The quantitative estimate of drug-likeness (QED) is 0.589. The van der Waals surface area contributed by atoms with Crippen LogP contribution in [0.1, 0.15) is 28.5 Å². The third kappa shape index (κ3) is 3.58. The molecule has 0 aliphatic rings. The summed E-state index contributed by atoms with van der Waals surface area (Å²) in [4.78, 5) is 24.5. The van der Waals surface area contributed by atoms with Crippen LogP contribution in [0.5, 0.6) is 0 Å². The number of benzene rings is 1. The van der Waals surface area contributed by atoms with Crippen molar-refractivity contribution in [2.75, 3.05) is 7.05 Å². The molecule has 0 atom stereocenters. The fourth-order valence-electron chi connectivity index (χ4n) is 2.33. The molecular weight excluding hydrogens is 364 g/mol. The summed E-state index contributed by atoms with van der Waals surface area (Å²) in [6.45, 7) is 4.70. The van der Waals surface area contributed by atoms with Gasteiger partial charge in [-0.2, -0.15) is 5.10 Å². The summed E-state index contributed by atoms with van der Waals surface area (Å²) in [7, 11) is 1.69. The Kier molecular flexibility index (Phi) is 5.15. The Bertz CT molecular complexity index is 757. The Morgan fingerprint density at radius 3 is 2.74 bits per heavy atom. The molecule has 2 rings (SSSR count). The van der Waals surface area contributed by atoms with Crippen molar-refractivity contribution in [3.8, 4) is 0 Å². The maximum atomic E-state index is 12.5. The van der Waals surface area contributed by atoms with Crippen LogP contribution < -0.4 is 0 Å². The van der Waals surface area contributed by atoms with Gasteiger partial charge < -0.3 is 4.90 Å². The van der Waals surface area contributed by atoms with Crippen LogP contribution in [0.2, 0.25) is 0 Å². The van der Waals surface area contributed by atoms with E-state index >= 15 is 0 Å². The standard InChI is InChI=1S/C15H17BrN4O3/c1-4-19-14(12(16)8-17-19)9-18(3)15(21)11-5-6-13(20(22)23)10(2)7-11/h5-8H,4,9H2,1-3H3. The molecule has 0 saturated carbocycles. The molecule has 0 radical (unpaired) electrons. The molecule has 23 heavy (non-hydrogen) atoms. The predicted octanol–water partition coefficient (Wildman–Crippen LogP) is 3.15. The van der Waals surface area contributed by atoms with Crippen molar-refractivity contribution < 1.29 is 9.72 Å². The summed E-state index contributed by atoms with van der Waals surface area (Å²) in [6, 6.07) is 4.39. The van der Waals surface area contributed by atoms with Crippen LogP contribution in [0.4, 0.5) is 5.69 Å². The molecular formula is C15H17BrN4O3. The normalized spacial score (nSPS) is 10.6. The summed E-state index contributed by atoms with van der Waals surface area (Å²) in [6.07, 6.45) is 1.70. The van der Waals surface area contributed by atoms with E-state index in [9.17, 15) is 14.9 Å². The van der Waals surface area contributed by atoms with Crippen LogP contribution in [-0.4, -0.2) is 32.6 Å². The van der Waals surface area contributed by atoms with Gasteiger partial charge in [0.15, 0.2) is 0 Å². The molecule has 1 aromatic carbocycles. The second kappa shape index (κ2) is 6.91. The molecule has 1 heterocycles. The number of aryl methyl sites for hydroxylation is 2. The molecule has 0 fully saturated rings. The minimum atomic E-state index is -0.454. The number of nitrogens with zero attached hydrogens (tertiary/aromatic N) is 4. The number of halogens is 1. The summed E-state index contributed by atoms with van der Waals surface area (Å²) in [5.41, 5.74) is 1.81. The third-order valence-corrected chi connectivity index (χ3v) is 4.23. The average Bonchev–Trinajstić information content (AvgIpc) is 2.86. The van der Waals surface area contributed by atoms with E-state index in [1.807, 2.05) is 11.6 Å². The average molecular weight is 381 g/mol. The van der Waals surface area contributed by atoms with Crippen LogP contribution in [0.25, 0.3) is 0 Å². The van der Waals surface area contributed by atoms with Gasteiger partial charge in [-0.25, -0.2) is 0 Å². The zero-order chi connectivity index (χ0) is 17.1. The van der Waals surface area contributed by atoms with Gasteiger partial charge in [0.2, 0.25) is 0 Å². The van der Waals surface area contributed by atoms with E-state index in [0.29, 0.717) is 24.2 Å². The molecule has 0 bridgehead atoms. The highest BCUT2D eigenvalue weighted by molar-refractivity contribution is 9.10. The van der Waals surface area contributed by atoms with Crippen LogP contribution in [-0.2, 0) is 13.1 Å². The molecule has 0 unspecified atom stereocenters. The molecule has 0 N–H and O–H groups in total. The van der Waals surface area contributed by atoms with Crippen molar-refractivity contribution in [1.29, 1.82) is 0 Å². The fourth-order valence-corrected chi connectivity index (χ4v) is 2.75. The number of aromatic nitrogens is 2. The Labute approximate surface area is 142 Å². The lowest BCUT2D eigenvalue weighted by Gasteiger charge is -2.18. The summed E-state index contributed by atoms with van der Waals surface area (Å²) >= 11 is 3.43. The van der Waals surface area contributed by atoms with Crippen molar-refractivity contribution in [3.05, 3.63) is 55.8 Å². The van der Waals surface area contributed by atoms with Crippen LogP contribution in [0.3, 0.4) is 0 Å². The monoisotopic (exact) mass is 380 g/mol. The summed E-state index contributed by atoms with van der Waals surface area (Å²) in [5.74, 6) is -0.196. The number of hydrogen-bond acceptors (Lipinski definition) is 4. The van der Waals surface area contributed by atoms with E-state index in [1.165, 1.54) is 12.1 Å². The topological polar surface area (TPSA) is 81.3 Å². The first-order valence-corrected chi connectivity index (χ1v) is 7.85. The highest BCUT2D eigenvalue weighted by Gasteiger charge is 2.18. The largest absolute Gasteiger partial charge is 0.336 e. The first-order chi connectivity index (χ1) is 10.8. The first-order valence-electron chi connectivity index (χ1n) is 7.05. The number of nitro groups is 1. The maximum absolute atomic E-state index is 12.5. The SMILES string of the molecule is CCn1ncc(Br)c1CN(C)C(=O)c1ccc([N+](=O)[O-])c(C)c1. The highest BCUT2D eigenvalue weighted by atomic mass is 79.9. The first kappa shape index (κ1) is 17.1. The van der Waals surface area contributed by atoms with Crippen molar-refractivity contribution >= 4 is 27.5 Å². The molecule has 2 aromatic rings. The van der Waals surface area contributed by atoms with Crippen LogP contribution in [0, 0.1) is 17.0 Å². The van der Waals surface area contributed by atoms with E-state index in [4.69, 9.17) is 0 Å². The molecule has 8 heteroatoms. The highest BCUT2D eigenvalue weighted by Crippen LogP contribution is 2.21. The second-order valence-electron chi connectivity index (χ2n) is 5.17. The smallest absolute Gasteiger partial charge is 0.272 e. The van der Waals surface area contributed by atoms with E-state index in [2.05, 4.69) is 21.0 Å². The van der Waals surface area contributed by atoms with Gasteiger partial charge in [0.25, 0.3) is 11.6 Å². The van der Waals surface area contributed by atoms with E-state index in [-0.39, 0.29) is 11.6 Å². The van der Waals surface area contributed by atoms with E-state index < -0.39 is 4.92 Å². The molecule has 122 valence electrons. The summed E-state index contributed by atoms with van der Waals surface area (Å²) in [5, 5.41) is 15.1. The van der Waals surface area contributed by atoms with Gasteiger partial charge in [-0.05, 0) is 41.9 Å². The van der Waals surface area contributed by atoms with Crippen LogP contribution in [0.15, 0.2) is 28.9 Å². The predicted molar refractivity (Wildman–Crippen MR) is 89.2 cm³/mol. The van der Waals surface area contributed by atoms with Crippen molar-refractivity contribution in [3.63, 3.8) is 0 Å². The molecule has 0 aliphatic heterocycles. The number of carbonyl (C=O) groups is 1. The zero-order valence-electron chi connectivity index (χ0n) is 13.1. The number of nitro benzene ring substituents is 1. The van der Waals surface area contributed by atoms with Gasteiger partial charge in [0.1, 0.15) is 0 Å². The Morgan fingerprint density at radius 1 is 1.48 bits per heavy atom. The molecule has 7 nitrogen and oxygen atoms in total. The minimum absolute atomic E-state index is 0.0102. The second-order valence-corrected chi connectivity index (χ2v) is 6.03. The number of carbonyl (C=O) groups excluding carboxylic acids is 1. The fraction of sp³-hybridized carbons (Fsp3) is 0.333. The number of amides is 1. The van der Waals surface area contributed by atoms with E-state index in [0.717, 1.165) is 10.2 Å². The van der Waals surface area contributed by atoms with Crippen molar-refractivity contribution in [2.45, 2.75) is 26.9 Å². The van der Waals surface area contributed by atoms with Gasteiger partial charge in [-0.3, -0.25) is 19.6 Å². The molecule has 0 spiro atoms. The summed E-state index contributed by atoms with van der Waals surface area (Å²) < 4.78 is 2.66. The lowest BCUT2D eigenvalue weighted by molar-refractivity contribution is -0.385. The Morgan fingerprint density at radius 2 is 2.17 bits per heavy atom. The molecule has 1 amide bonds. The van der Waals surface area contributed by atoms with Gasteiger partial charge in [-0.1, -0.05) is 0 Å². The lowest BCUT2D eigenvalue weighted by Crippen LogP contribution is -2.27. The molecule has 1 aromatic heterocycles. The molecule has 0 saturated heterocycles. The number of rotatable bonds is 5. The van der Waals surface area contributed by atoms with Crippen molar-refractivity contribution in [2.24, 2.45) is 0 Å². The van der Waals surface area contributed by atoms with Gasteiger partial charge in [0.05, 0.1) is 27.8 Å². The minimum Gasteiger partial charge on any atom is -0.336 e. The van der Waals surface area contributed by atoms with Gasteiger partial charge >= 0.3 is 0 Å².